The van der Waals surface area contributed by atoms with Crippen molar-refractivity contribution >= 4 is 16.0 Å². The molecule has 1 aromatic carbocycles. The summed E-state index contributed by atoms with van der Waals surface area (Å²) in [6.45, 7) is 7.33. The normalized spacial score (nSPS) is 13.1. The monoisotopic (exact) mass is 313 g/mol. The van der Waals surface area contributed by atoms with E-state index in [-0.39, 0.29) is 16.5 Å². The van der Waals surface area contributed by atoms with Crippen molar-refractivity contribution in [2.75, 3.05) is 0 Å². The minimum absolute atomic E-state index is 0.0120. The summed E-state index contributed by atoms with van der Waals surface area (Å²) in [7, 11) is -3.72. The number of carboxylic acid groups (broad SMARTS) is 1. The Hall–Kier alpha value is -1.40. The molecule has 0 radical (unpaired) electrons. The van der Waals surface area contributed by atoms with Gasteiger partial charge in [0.1, 0.15) is 0 Å². The van der Waals surface area contributed by atoms with Crippen molar-refractivity contribution in [1.82, 2.24) is 4.72 Å². The minimum atomic E-state index is -3.72. The number of carbonyl (C=O) groups is 1. The second kappa shape index (κ2) is 7.04. The van der Waals surface area contributed by atoms with Crippen LogP contribution in [0.2, 0.25) is 0 Å². The van der Waals surface area contributed by atoms with E-state index in [1.165, 1.54) is 12.1 Å². The first-order valence-electron chi connectivity index (χ1n) is 7.09. The van der Waals surface area contributed by atoms with E-state index in [1.54, 1.807) is 13.8 Å². The third-order valence-electron chi connectivity index (χ3n) is 3.61. The van der Waals surface area contributed by atoms with Gasteiger partial charge in [0, 0.05) is 6.04 Å². The Morgan fingerprint density at radius 2 is 1.90 bits per heavy atom. The lowest BCUT2D eigenvalue weighted by atomic mass is 10.1. The van der Waals surface area contributed by atoms with Gasteiger partial charge in [0.2, 0.25) is 10.0 Å². The summed E-state index contributed by atoms with van der Waals surface area (Å²) in [5.41, 5.74) is 1.22. The van der Waals surface area contributed by atoms with Crippen LogP contribution in [-0.4, -0.2) is 25.5 Å². The van der Waals surface area contributed by atoms with Crippen LogP contribution in [0.15, 0.2) is 17.0 Å². The SMILES string of the molecule is CCCC(CC)NS(=O)(=O)c1cc(C(=O)O)cc(C)c1C. The largest absolute Gasteiger partial charge is 0.478 e. The van der Waals surface area contributed by atoms with E-state index in [2.05, 4.69) is 4.72 Å². The summed E-state index contributed by atoms with van der Waals surface area (Å²) in [6.07, 6.45) is 2.34. The van der Waals surface area contributed by atoms with Crippen LogP contribution in [0.1, 0.15) is 54.6 Å². The van der Waals surface area contributed by atoms with E-state index in [9.17, 15) is 13.2 Å². The average Bonchev–Trinajstić information content (AvgIpc) is 2.40. The number of rotatable bonds is 7. The van der Waals surface area contributed by atoms with Gasteiger partial charge in [-0.2, -0.15) is 0 Å². The van der Waals surface area contributed by atoms with Crippen LogP contribution in [0.3, 0.4) is 0 Å². The molecule has 1 unspecified atom stereocenters. The number of sulfonamides is 1. The first-order valence-corrected chi connectivity index (χ1v) is 8.58. The average molecular weight is 313 g/mol. The summed E-state index contributed by atoms with van der Waals surface area (Å²) >= 11 is 0. The highest BCUT2D eigenvalue weighted by molar-refractivity contribution is 7.89. The number of hydrogen-bond donors (Lipinski definition) is 2. The van der Waals surface area contributed by atoms with Crippen LogP contribution in [0.5, 0.6) is 0 Å². The maximum absolute atomic E-state index is 12.5. The van der Waals surface area contributed by atoms with E-state index in [0.29, 0.717) is 17.5 Å². The smallest absolute Gasteiger partial charge is 0.335 e. The summed E-state index contributed by atoms with van der Waals surface area (Å²) < 4.78 is 27.7. The Labute approximate surface area is 126 Å². The molecule has 0 aromatic heterocycles. The molecule has 0 spiro atoms. The van der Waals surface area contributed by atoms with Gasteiger partial charge in [0.25, 0.3) is 0 Å². The van der Waals surface area contributed by atoms with Crippen LogP contribution in [0.4, 0.5) is 0 Å². The van der Waals surface area contributed by atoms with Gasteiger partial charge in [-0.3, -0.25) is 0 Å². The van der Waals surface area contributed by atoms with Gasteiger partial charge in [0.15, 0.2) is 0 Å². The molecule has 0 aliphatic rings. The molecular weight excluding hydrogens is 290 g/mol. The molecule has 118 valence electrons. The van der Waals surface area contributed by atoms with Gasteiger partial charge < -0.3 is 5.11 Å². The van der Waals surface area contributed by atoms with Crippen LogP contribution in [0, 0.1) is 13.8 Å². The highest BCUT2D eigenvalue weighted by atomic mass is 32.2. The first-order chi connectivity index (χ1) is 9.72. The third-order valence-corrected chi connectivity index (χ3v) is 5.25. The summed E-state index contributed by atoms with van der Waals surface area (Å²) in [4.78, 5) is 11.2. The fraction of sp³-hybridized carbons (Fsp3) is 0.533. The molecule has 0 heterocycles. The zero-order chi connectivity index (χ0) is 16.2. The number of benzene rings is 1. The maximum Gasteiger partial charge on any atom is 0.335 e. The van der Waals surface area contributed by atoms with Gasteiger partial charge in [-0.15, -0.1) is 0 Å². The lowest BCUT2D eigenvalue weighted by molar-refractivity contribution is 0.0696. The van der Waals surface area contributed by atoms with Crippen molar-refractivity contribution in [2.45, 2.75) is 57.9 Å². The molecule has 1 atom stereocenters. The highest BCUT2D eigenvalue weighted by Crippen LogP contribution is 2.22. The topological polar surface area (TPSA) is 83.5 Å². The molecule has 1 aromatic rings. The zero-order valence-corrected chi connectivity index (χ0v) is 13.8. The number of carboxylic acids is 1. The predicted octanol–water partition coefficient (Wildman–Crippen LogP) is 2.86. The Kier molecular flexibility index (Phi) is 5.92. The molecule has 0 amide bonds. The fourth-order valence-corrected chi connectivity index (χ4v) is 3.90. The minimum Gasteiger partial charge on any atom is -0.478 e. The summed E-state index contributed by atoms with van der Waals surface area (Å²) in [6, 6.07) is 2.58. The molecule has 0 bridgehead atoms. The van der Waals surface area contributed by atoms with Crippen molar-refractivity contribution in [3.63, 3.8) is 0 Å². The fourth-order valence-electron chi connectivity index (χ4n) is 2.21. The second-order valence-electron chi connectivity index (χ2n) is 5.24. The Bertz CT molecular complexity index is 623. The maximum atomic E-state index is 12.5. The lowest BCUT2D eigenvalue weighted by Crippen LogP contribution is -2.34. The van der Waals surface area contributed by atoms with Gasteiger partial charge in [-0.05, 0) is 49.9 Å². The molecule has 0 fully saturated rings. The van der Waals surface area contributed by atoms with Crippen molar-refractivity contribution < 1.29 is 18.3 Å². The van der Waals surface area contributed by atoms with Gasteiger partial charge in [-0.25, -0.2) is 17.9 Å². The van der Waals surface area contributed by atoms with Gasteiger partial charge in [0.05, 0.1) is 10.5 Å². The Morgan fingerprint density at radius 3 is 2.38 bits per heavy atom. The van der Waals surface area contributed by atoms with Crippen LogP contribution >= 0.6 is 0 Å². The molecule has 2 N–H and O–H groups in total. The number of nitrogens with one attached hydrogen (secondary N) is 1. The van der Waals surface area contributed by atoms with Crippen LogP contribution < -0.4 is 4.72 Å². The highest BCUT2D eigenvalue weighted by Gasteiger charge is 2.23. The van der Waals surface area contributed by atoms with Crippen molar-refractivity contribution in [3.05, 3.63) is 28.8 Å². The Balaban J connectivity index is 3.27. The van der Waals surface area contributed by atoms with Crippen molar-refractivity contribution in [2.24, 2.45) is 0 Å². The molecule has 6 heteroatoms. The third kappa shape index (κ3) is 4.28. The van der Waals surface area contributed by atoms with E-state index in [4.69, 9.17) is 5.11 Å². The van der Waals surface area contributed by atoms with Crippen LogP contribution in [0.25, 0.3) is 0 Å². The standard InChI is InChI=1S/C15H23NO4S/c1-5-7-13(6-2)16-21(19,20)14-9-12(15(17)18)8-10(3)11(14)4/h8-9,13,16H,5-7H2,1-4H3,(H,17,18). The zero-order valence-electron chi connectivity index (χ0n) is 12.9. The summed E-state index contributed by atoms with van der Waals surface area (Å²) in [5, 5.41) is 9.09. The molecule has 5 nitrogen and oxygen atoms in total. The molecule has 0 saturated heterocycles. The van der Waals surface area contributed by atoms with Gasteiger partial charge >= 0.3 is 5.97 Å². The van der Waals surface area contributed by atoms with E-state index in [1.807, 2.05) is 13.8 Å². The number of aromatic carboxylic acids is 1. The lowest BCUT2D eigenvalue weighted by Gasteiger charge is -2.18. The van der Waals surface area contributed by atoms with Crippen molar-refractivity contribution in [3.8, 4) is 0 Å². The molecule has 21 heavy (non-hydrogen) atoms. The molecule has 0 aliphatic carbocycles. The quantitative estimate of drug-likeness (QED) is 0.810. The Morgan fingerprint density at radius 1 is 1.29 bits per heavy atom. The van der Waals surface area contributed by atoms with E-state index < -0.39 is 16.0 Å². The van der Waals surface area contributed by atoms with E-state index in [0.717, 1.165) is 12.8 Å². The predicted molar refractivity (Wildman–Crippen MR) is 82.2 cm³/mol. The molecule has 0 aliphatic heterocycles. The molecule has 0 saturated carbocycles. The van der Waals surface area contributed by atoms with Crippen LogP contribution in [-0.2, 0) is 10.0 Å². The van der Waals surface area contributed by atoms with Gasteiger partial charge in [-0.1, -0.05) is 20.3 Å². The second-order valence-corrected chi connectivity index (χ2v) is 6.92. The van der Waals surface area contributed by atoms with Crippen molar-refractivity contribution in [1.29, 1.82) is 0 Å². The number of hydrogen-bond acceptors (Lipinski definition) is 3. The number of aryl methyl sites for hydroxylation is 1. The first kappa shape index (κ1) is 17.7. The van der Waals surface area contributed by atoms with E-state index >= 15 is 0 Å². The summed E-state index contributed by atoms with van der Waals surface area (Å²) in [5.74, 6) is -1.13. The molecule has 1 rings (SSSR count). The molecular formula is C15H23NO4S.